The Hall–Kier alpha value is -1.31. The summed E-state index contributed by atoms with van der Waals surface area (Å²) < 4.78 is 0. The van der Waals surface area contributed by atoms with Gasteiger partial charge in [0.15, 0.2) is 6.29 Å². The van der Waals surface area contributed by atoms with Crippen molar-refractivity contribution in [2.24, 2.45) is 4.99 Å². The summed E-state index contributed by atoms with van der Waals surface area (Å²) in [6, 6.07) is 7.53. The second-order valence-corrected chi connectivity index (χ2v) is 2.70. The highest BCUT2D eigenvalue weighted by Gasteiger charge is 1.92. The van der Waals surface area contributed by atoms with Crippen molar-refractivity contribution in [1.82, 2.24) is 0 Å². The summed E-state index contributed by atoms with van der Waals surface area (Å²) in [4.78, 5) is 13.8. The maximum Gasteiger partial charge on any atom is 0.198 e. The van der Waals surface area contributed by atoms with E-state index in [0.29, 0.717) is 6.42 Å². The van der Waals surface area contributed by atoms with Crippen LogP contribution < -0.4 is 0 Å². The van der Waals surface area contributed by atoms with E-state index in [9.17, 15) is 4.79 Å². The minimum Gasteiger partial charge on any atom is -0.291 e. The Morgan fingerprint density at radius 1 is 1.31 bits per heavy atom. The Labute approximate surface area is 82.3 Å². The number of rotatable bonds is 4. The van der Waals surface area contributed by atoms with Gasteiger partial charge in [0.05, 0.1) is 10.8 Å². The number of aryl methyl sites for hydroxylation is 1. The van der Waals surface area contributed by atoms with Gasteiger partial charge in [0, 0.05) is 6.42 Å². The van der Waals surface area contributed by atoms with Crippen LogP contribution in [0.5, 0.6) is 0 Å². The normalized spacial score (nSPS) is 8.92. The third kappa shape index (κ3) is 3.28. The molecule has 0 amide bonds. The van der Waals surface area contributed by atoms with Crippen LogP contribution in [0.25, 0.3) is 0 Å². The third-order valence-corrected chi connectivity index (χ3v) is 1.72. The SMILES string of the molecule is O=[C]CCc1ccc(N=C=S)cc1. The lowest BCUT2D eigenvalue weighted by molar-refractivity contribution is 0.551. The Kier molecular flexibility index (Phi) is 4.03. The summed E-state index contributed by atoms with van der Waals surface area (Å²) in [7, 11) is 0. The van der Waals surface area contributed by atoms with Crippen LogP contribution >= 0.6 is 12.2 Å². The Morgan fingerprint density at radius 2 is 2.00 bits per heavy atom. The van der Waals surface area contributed by atoms with Crippen LogP contribution in [0, 0.1) is 0 Å². The zero-order chi connectivity index (χ0) is 9.52. The summed E-state index contributed by atoms with van der Waals surface area (Å²) in [5.41, 5.74) is 1.89. The molecule has 0 aliphatic rings. The summed E-state index contributed by atoms with van der Waals surface area (Å²) >= 11 is 4.47. The largest absolute Gasteiger partial charge is 0.291 e. The summed E-state index contributed by atoms with van der Waals surface area (Å²) in [6.07, 6.45) is 3.02. The molecule has 3 heteroatoms. The van der Waals surface area contributed by atoms with Crippen LogP contribution in [-0.4, -0.2) is 11.4 Å². The second kappa shape index (κ2) is 5.36. The van der Waals surface area contributed by atoms with Crippen LogP contribution in [0.1, 0.15) is 12.0 Å². The van der Waals surface area contributed by atoms with Gasteiger partial charge in [0.1, 0.15) is 0 Å². The molecule has 0 atom stereocenters. The predicted molar refractivity (Wildman–Crippen MR) is 55.1 cm³/mol. The lowest BCUT2D eigenvalue weighted by Crippen LogP contribution is -1.84. The van der Waals surface area contributed by atoms with Gasteiger partial charge >= 0.3 is 0 Å². The molecular formula is C10H8NOS. The molecule has 13 heavy (non-hydrogen) atoms. The van der Waals surface area contributed by atoms with Gasteiger partial charge in [-0.05, 0) is 36.3 Å². The summed E-state index contributed by atoms with van der Waals surface area (Å²) in [5.74, 6) is 0. The molecule has 0 aliphatic carbocycles. The molecule has 1 aromatic carbocycles. The van der Waals surface area contributed by atoms with Crippen LogP contribution in [0.3, 0.4) is 0 Å². The van der Waals surface area contributed by atoms with E-state index in [1.165, 1.54) is 0 Å². The van der Waals surface area contributed by atoms with Crippen molar-refractivity contribution in [3.05, 3.63) is 29.8 Å². The third-order valence-electron chi connectivity index (χ3n) is 1.63. The van der Waals surface area contributed by atoms with Gasteiger partial charge in [-0.25, -0.2) is 0 Å². The monoisotopic (exact) mass is 190 g/mol. The Morgan fingerprint density at radius 3 is 2.54 bits per heavy atom. The fraction of sp³-hybridized carbons (Fsp3) is 0.200. The molecule has 0 spiro atoms. The van der Waals surface area contributed by atoms with Gasteiger partial charge in [0.2, 0.25) is 0 Å². The van der Waals surface area contributed by atoms with Crippen LogP contribution in [0.2, 0.25) is 0 Å². The second-order valence-electron chi connectivity index (χ2n) is 2.51. The Balaban J connectivity index is 2.68. The van der Waals surface area contributed by atoms with Gasteiger partial charge in [0.25, 0.3) is 0 Å². The van der Waals surface area contributed by atoms with Crippen molar-refractivity contribution in [3.8, 4) is 0 Å². The molecule has 0 saturated heterocycles. The average molecular weight is 190 g/mol. The molecule has 1 aromatic rings. The molecule has 1 rings (SSSR count). The van der Waals surface area contributed by atoms with Gasteiger partial charge in [-0.3, -0.25) is 4.79 Å². The van der Waals surface area contributed by atoms with Gasteiger partial charge in [-0.2, -0.15) is 4.99 Å². The molecule has 0 saturated carbocycles. The average Bonchev–Trinajstić information content (AvgIpc) is 2.17. The van der Waals surface area contributed by atoms with Crippen molar-refractivity contribution >= 4 is 29.4 Å². The van der Waals surface area contributed by atoms with Crippen LogP contribution in [0.15, 0.2) is 29.3 Å². The van der Waals surface area contributed by atoms with Crippen molar-refractivity contribution in [2.75, 3.05) is 0 Å². The molecular weight excluding hydrogens is 182 g/mol. The smallest absolute Gasteiger partial charge is 0.198 e. The lowest BCUT2D eigenvalue weighted by atomic mass is 10.1. The van der Waals surface area contributed by atoms with E-state index in [2.05, 4.69) is 22.4 Å². The fourth-order valence-electron chi connectivity index (χ4n) is 0.985. The number of hydrogen-bond donors (Lipinski definition) is 0. The molecule has 0 aliphatic heterocycles. The number of nitrogens with zero attached hydrogens (tertiary/aromatic N) is 1. The van der Waals surface area contributed by atoms with Crippen LogP contribution in [0.4, 0.5) is 5.69 Å². The predicted octanol–water partition coefficient (Wildman–Crippen LogP) is 2.46. The Bertz CT molecular complexity index is 325. The van der Waals surface area contributed by atoms with Gasteiger partial charge in [-0.15, -0.1) is 0 Å². The number of isothiocyanates is 1. The van der Waals surface area contributed by atoms with Crippen molar-refractivity contribution < 1.29 is 4.79 Å². The number of carbonyl (C=O) groups excluding carboxylic acids is 1. The first kappa shape index (κ1) is 9.78. The molecule has 1 radical (unpaired) electrons. The molecule has 0 aromatic heterocycles. The number of benzene rings is 1. The minimum absolute atomic E-state index is 0.440. The topological polar surface area (TPSA) is 29.4 Å². The fourth-order valence-corrected chi connectivity index (χ4v) is 1.09. The van der Waals surface area contributed by atoms with Crippen molar-refractivity contribution in [1.29, 1.82) is 0 Å². The number of hydrogen-bond acceptors (Lipinski definition) is 3. The quantitative estimate of drug-likeness (QED) is 0.539. The molecule has 0 fully saturated rings. The van der Waals surface area contributed by atoms with E-state index < -0.39 is 0 Å². The van der Waals surface area contributed by atoms with E-state index in [1.807, 2.05) is 30.6 Å². The molecule has 2 nitrogen and oxygen atoms in total. The molecule has 65 valence electrons. The summed E-state index contributed by atoms with van der Waals surface area (Å²) in [6.45, 7) is 0. The van der Waals surface area contributed by atoms with Crippen LogP contribution in [-0.2, 0) is 11.2 Å². The van der Waals surface area contributed by atoms with E-state index >= 15 is 0 Å². The highest BCUT2D eigenvalue weighted by molar-refractivity contribution is 7.78. The van der Waals surface area contributed by atoms with E-state index in [4.69, 9.17) is 0 Å². The molecule has 0 bridgehead atoms. The van der Waals surface area contributed by atoms with E-state index in [0.717, 1.165) is 17.7 Å². The maximum absolute atomic E-state index is 9.98. The standard InChI is InChI=1S/C10H8NOS/c12-7-1-2-9-3-5-10(6-4-9)11-8-13/h3-6H,1-2H2. The highest BCUT2D eigenvalue weighted by atomic mass is 32.1. The first-order valence-corrected chi connectivity index (χ1v) is 4.29. The minimum atomic E-state index is 0.440. The van der Waals surface area contributed by atoms with Gasteiger partial charge in [-0.1, -0.05) is 12.1 Å². The molecule has 0 heterocycles. The summed E-state index contributed by atoms with van der Waals surface area (Å²) in [5, 5.41) is 2.29. The zero-order valence-electron chi connectivity index (χ0n) is 6.99. The van der Waals surface area contributed by atoms with Crippen molar-refractivity contribution in [3.63, 3.8) is 0 Å². The van der Waals surface area contributed by atoms with Crippen molar-refractivity contribution in [2.45, 2.75) is 12.8 Å². The first-order valence-electron chi connectivity index (χ1n) is 3.88. The first-order chi connectivity index (χ1) is 6.36. The number of aliphatic imine (C=N–C) groups is 1. The highest BCUT2D eigenvalue weighted by Crippen LogP contribution is 2.12. The lowest BCUT2D eigenvalue weighted by Gasteiger charge is -1.96. The zero-order valence-corrected chi connectivity index (χ0v) is 7.80. The van der Waals surface area contributed by atoms with Gasteiger partial charge < -0.3 is 0 Å². The maximum atomic E-state index is 9.98. The van der Waals surface area contributed by atoms with E-state index in [1.54, 1.807) is 0 Å². The number of thiocarbonyl (C=S) groups is 1. The molecule has 0 N–H and O–H groups in total. The molecule has 0 unspecified atom stereocenters. The van der Waals surface area contributed by atoms with E-state index in [-0.39, 0.29) is 0 Å².